The van der Waals surface area contributed by atoms with Gasteiger partial charge in [-0.2, -0.15) is 5.10 Å². The largest absolute Gasteiger partial charge is 0.294 e. The number of hydrogen-bond acceptors (Lipinski definition) is 2. The van der Waals surface area contributed by atoms with Gasteiger partial charge >= 0.3 is 0 Å². The molecule has 0 spiro atoms. The molecule has 0 radical (unpaired) electrons. The zero-order chi connectivity index (χ0) is 15.4. The summed E-state index contributed by atoms with van der Waals surface area (Å²) in [5.41, 5.74) is 2.41. The molecular formula is C16H15Cl2FN2. The highest BCUT2D eigenvalue weighted by molar-refractivity contribution is 6.70. The summed E-state index contributed by atoms with van der Waals surface area (Å²) < 4.78 is 13.8. The molecule has 0 saturated heterocycles. The maximum atomic E-state index is 13.8. The monoisotopic (exact) mass is 324 g/mol. The molecule has 2 aromatic carbocycles. The molecule has 0 bridgehead atoms. The van der Waals surface area contributed by atoms with Gasteiger partial charge in [-0.25, -0.2) is 4.39 Å². The molecule has 0 heterocycles. The molecule has 0 N–H and O–H groups in total. The van der Waals surface area contributed by atoms with E-state index in [0.29, 0.717) is 6.54 Å². The van der Waals surface area contributed by atoms with Crippen LogP contribution in [0.5, 0.6) is 0 Å². The van der Waals surface area contributed by atoms with E-state index in [9.17, 15) is 4.39 Å². The van der Waals surface area contributed by atoms with Crippen molar-refractivity contribution >= 4 is 28.4 Å². The van der Waals surface area contributed by atoms with Crippen molar-refractivity contribution in [3.05, 3.63) is 70.0 Å². The molecule has 0 unspecified atom stereocenters. The first-order valence-electron chi connectivity index (χ1n) is 6.42. The Morgan fingerprint density at radius 3 is 2.48 bits per heavy atom. The van der Waals surface area contributed by atoms with Crippen molar-refractivity contribution in [1.82, 2.24) is 5.01 Å². The third-order valence-corrected chi connectivity index (χ3v) is 3.54. The zero-order valence-corrected chi connectivity index (χ0v) is 13.3. The van der Waals surface area contributed by atoms with Gasteiger partial charge in [0.1, 0.15) is 5.82 Å². The first-order chi connectivity index (χ1) is 9.97. The van der Waals surface area contributed by atoms with Crippen molar-refractivity contribution in [2.75, 3.05) is 7.05 Å². The fourth-order valence-corrected chi connectivity index (χ4v) is 2.51. The highest BCUT2D eigenvalue weighted by atomic mass is 35.5. The van der Waals surface area contributed by atoms with Crippen LogP contribution in [0.4, 0.5) is 4.39 Å². The molecule has 0 fully saturated rings. The van der Waals surface area contributed by atoms with Crippen molar-refractivity contribution < 1.29 is 4.39 Å². The Morgan fingerprint density at radius 2 is 1.86 bits per heavy atom. The minimum Gasteiger partial charge on any atom is -0.294 e. The van der Waals surface area contributed by atoms with Crippen molar-refractivity contribution in [2.45, 2.75) is 13.5 Å². The van der Waals surface area contributed by atoms with E-state index >= 15 is 0 Å². The molecular weight excluding hydrogens is 310 g/mol. The van der Waals surface area contributed by atoms with E-state index in [4.69, 9.17) is 23.2 Å². The smallest absolute Gasteiger partial charge is 0.160 e. The molecule has 0 aliphatic carbocycles. The lowest BCUT2D eigenvalue weighted by atomic mass is 10.1. The molecule has 21 heavy (non-hydrogen) atoms. The van der Waals surface area contributed by atoms with E-state index in [2.05, 4.69) is 5.10 Å². The zero-order valence-electron chi connectivity index (χ0n) is 11.8. The Morgan fingerprint density at radius 1 is 1.19 bits per heavy atom. The summed E-state index contributed by atoms with van der Waals surface area (Å²) in [5, 5.41) is 6.10. The summed E-state index contributed by atoms with van der Waals surface area (Å²) in [6.45, 7) is 2.60. The number of benzene rings is 2. The number of nitrogens with zero attached hydrogens (tertiary/aromatic N) is 2. The summed E-state index contributed by atoms with van der Waals surface area (Å²) in [6.07, 6.45) is 0. The van der Waals surface area contributed by atoms with Crippen LogP contribution in [0.3, 0.4) is 0 Å². The quantitative estimate of drug-likeness (QED) is 0.581. The van der Waals surface area contributed by atoms with E-state index in [1.807, 2.05) is 31.2 Å². The highest BCUT2D eigenvalue weighted by Gasteiger charge is 2.12. The molecule has 0 aliphatic heterocycles. The lowest BCUT2D eigenvalue weighted by molar-refractivity contribution is 0.348. The fourth-order valence-electron chi connectivity index (χ4n) is 1.89. The molecule has 0 aromatic heterocycles. The van der Waals surface area contributed by atoms with Gasteiger partial charge in [0.2, 0.25) is 0 Å². The second-order valence-corrected chi connectivity index (χ2v) is 5.55. The van der Waals surface area contributed by atoms with E-state index in [-0.39, 0.29) is 15.8 Å². The van der Waals surface area contributed by atoms with Gasteiger partial charge in [0.15, 0.2) is 5.17 Å². The Hall–Kier alpha value is -1.58. The third-order valence-electron chi connectivity index (χ3n) is 2.96. The second kappa shape index (κ2) is 6.92. The number of aryl methyl sites for hydroxylation is 1. The van der Waals surface area contributed by atoms with Crippen LogP contribution in [0.25, 0.3) is 0 Å². The number of rotatable bonds is 4. The van der Waals surface area contributed by atoms with Crippen LogP contribution in [0, 0.1) is 12.7 Å². The van der Waals surface area contributed by atoms with Gasteiger partial charge in [-0.1, -0.05) is 59.1 Å². The van der Waals surface area contributed by atoms with Crippen molar-refractivity contribution in [3.63, 3.8) is 0 Å². The van der Waals surface area contributed by atoms with Gasteiger partial charge in [-0.15, -0.1) is 0 Å². The molecule has 0 saturated carbocycles. The van der Waals surface area contributed by atoms with Gasteiger partial charge in [-0.3, -0.25) is 5.01 Å². The minimum atomic E-state index is -0.486. The maximum Gasteiger partial charge on any atom is 0.160 e. The average Bonchev–Trinajstić information content (AvgIpc) is 2.41. The van der Waals surface area contributed by atoms with Gasteiger partial charge in [-0.05, 0) is 24.6 Å². The Balaban J connectivity index is 2.16. The number of hydrogen-bond donors (Lipinski definition) is 0. The first kappa shape index (κ1) is 15.8. The summed E-state index contributed by atoms with van der Waals surface area (Å²) in [6, 6.07) is 12.5. The Bertz CT molecular complexity index is 634. The van der Waals surface area contributed by atoms with E-state index in [0.717, 1.165) is 5.56 Å². The third kappa shape index (κ3) is 4.19. The lowest BCUT2D eigenvalue weighted by Gasteiger charge is -2.14. The van der Waals surface area contributed by atoms with Gasteiger partial charge in [0.05, 0.1) is 17.1 Å². The summed E-state index contributed by atoms with van der Waals surface area (Å²) in [4.78, 5) is 0. The van der Waals surface area contributed by atoms with Crippen LogP contribution >= 0.6 is 23.2 Å². The van der Waals surface area contributed by atoms with Crippen LogP contribution in [0.15, 0.2) is 47.6 Å². The summed E-state index contributed by atoms with van der Waals surface area (Å²) in [7, 11) is 1.77. The maximum absolute atomic E-state index is 13.8. The van der Waals surface area contributed by atoms with Crippen LogP contribution in [0.1, 0.15) is 16.7 Å². The molecule has 5 heteroatoms. The number of halogens is 3. The molecule has 2 aromatic rings. The van der Waals surface area contributed by atoms with Crippen LogP contribution in [-0.2, 0) is 6.54 Å². The normalized spacial score (nSPS) is 11.6. The molecule has 2 nitrogen and oxygen atoms in total. The number of hydrazone groups is 1. The Kier molecular flexibility index (Phi) is 5.21. The van der Waals surface area contributed by atoms with Gasteiger partial charge in [0, 0.05) is 7.05 Å². The summed E-state index contributed by atoms with van der Waals surface area (Å²) in [5.74, 6) is -0.486. The first-order valence-corrected chi connectivity index (χ1v) is 7.18. The van der Waals surface area contributed by atoms with Crippen molar-refractivity contribution in [3.8, 4) is 0 Å². The summed E-state index contributed by atoms with van der Waals surface area (Å²) >= 11 is 12.0. The van der Waals surface area contributed by atoms with Crippen LogP contribution in [-0.4, -0.2) is 17.2 Å². The lowest BCUT2D eigenvalue weighted by Crippen LogP contribution is -2.13. The standard InChI is InChI=1S/C16H15Cl2FN2/c1-11-6-8-12(9-7-11)10-21(2)20-16(18)15-13(17)4-3-5-14(15)19/h3-9H,10H2,1-2H3/b20-16-. The predicted molar refractivity (Wildman–Crippen MR) is 86.4 cm³/mol. The predicted octanol–water partition coefficient (Wildman–Crippen LogP) is 4.82. The molecule has 110 valence electrons. The van der Waals surface area contributed by atoms with Gasteiger partial charge in [0.25, 0.3) is 0 Å². The van der Waals surface area contributed by atoms with E-state index < -0.39 is 5.82 Å². The van der Waals surface area contributed by atoms with Gasteiger partial charge < -0.3 is 0 Å². The van der Waals surface area contributed by atoms with E-state index in [1.54, 1.807) is 18.1 Å². The molecule has 0 atom stereocenters. The van der Waals surface area contributed by atoms with Crippen molar-refractivity contribution in [1.29, 1.82) is 0 Å². The molecule has 0 aliphatic rings. The highest BCUT2D eigenvalue weighted by Crippen LogP contribution is 2.22. The van der Waals surface area contributed by atoms with Crippen molar-refractivity contribution in [2.24, 2.45) is 5.10 Å². The van der Waals surface area contributed by atoms with Crippen LogP contribution < -0.4 is 0 Å². The topological polar surface area (TPSA) is 15.6 Å². The second-order valence-electron chi connectivity index (χ2n) is 4.79. The Labute approximate surface area is 133 Å². The average molecular weight is 325 g/mol. The fraction of sp³-hybridized carbons (Fsp3) is 0.188. The van der Waals surface area contributed by atoms with Crippen LogP contribution in [0.2, 0.25) is 5.02 Å². The van der Waals surface area contributed by atoms with E-state index in [1.165, 1.54) is 17.7 Å². The molecule has 2 rings (SSSR count). The SMILES string of the molecule is Cc1ccc(CN(C)/N=C(\Cl)c2c(F)cccc2Cl)cc1. The molecule has 0 amide bonds. The minimum absolute atomic E-state index is 0.0349.